The summed E-state index contributed by atoms with van der Waals surface area (Å²) < 4.78 is 27.1. The van der Waals surface area contributed by atoms with Gasteiger partial charge in [-0.3, -0.25) is 4.72 Å². The van der Waals surface area contributed by atoms with Crippen LogP contribution in [0.4, 0.5) is 16.2 Å². The molecule has 0 spiro atoms. The summed E-state index contributed by atoms with van der Waals surface area (Å²) in [6, 6.07) is 12.0. The fourth-order valence-corrected chi connectivity index (χ4v) is 3.12. The van der Waals surface area contributed by atoms with Crippen LogP contribution in [-0.2, 0) is 10.0 Å². The molecule has 0 atom stereocenters. The van der Waals surface area contributed by atoms with E-state index in [0.29, 0.717) is 22.9 Å². The third-order valence-electron chi connectivity index (χ3n) is 2.88. The van der Waals surface area contributed by atoms with Gasteiger partial charge in [-0.25, -0.2) is 13.2 Å². The summed E-state index contributed by atoms with van der Waals surface area (Å²) in [5, 5.41) is 5.49. The van der Waals surface area contributed by atoms with Gasteiger partial charge in [-0.05, 0) is 43.3 Å². The molecule has 0 aliphatic heterocycles. The maximum atomic E-state index is 12.3. The van der Waals surface area contributed by atoms with Gasteiger partial charge >= 0.3 is 6.03 Å². The molecule has 23 heavy (non-hydrogen) atoms. The van der Waals surface area contributed by atoms with Crippen molar-refractivity contribution >= 4 is 39.0 Å². The lowest BCUT2D eigenvalue weighted by Gasteiger charge is -2.10. The predicted octanol–water partition coefficient (Wildman–Crippen LogP) is 3.28. The van der Waals surface area contributed by atoms with E-state index in [-0.39, 0.29) is 10.9 Å². The van der Waals surface area contributed by atoms with Gasteiger partial charge in [0, 0.05) is 12.2 Å². The largest absolute Gasteiger partial charge is 0.338 e. The minimum Gasteiger partial charge on any atom is -0.338 e. The zero-order valence-electron chi connectivity index (χ0n) is 12.3. The summed E-state index contributed by atoms with van der Waals surface area (Å²) in [4.78, 5) is 11.5. The van der Waals surface area contributed by atoms with E-state index in [1.807, 2.05) is 0 Å². The summed E-state index contributed by atoms with van der Waals surface area (Å²) in [6.45, 7) is 2.30. The Kier molecular flexibility index (Phi) is 5.46. The predicted molar refractivity (Wildman–Crippen MR) is 91.4 cm³/mol. The summed E-state index contributed by atoms with van der Waals surface area (Å²) in [5.41, 5.74) is 0.798. The molecule has 0 aromatic heterocycles. The monoisotopic (exact) mass is 353 g/mol. The van der Waals surface area contributed by atoms with E-state index in [0.717, 1.165) is 0 Å². The highest BCUT2D eigenvalue weighted by molar-refractivity contribution is 7.92. The number of carbonyl (C=O) groups is 1. The summed E-state index contributed by atoms with van der Waals surface area (Å²) >= 11 is 5.95. The highest BCUT2D eigenvalue weighted by atomic mass is 35.5. The Hall–Kier alpha value is -2.25. The number of anilines is 2. The van der Waals surface area contributed by atoms with E-state index in [9.17, 15) is 13.2 Å². The van der Waals surface area contributed by atoms with Crippen molar-refractivity contribution in [3.63, 3.8) is 0 Å². The highest BCUT2D eigenvalue weighted by Gasteiger charge is 2.15. The maximum absolute atomic E-state index is 12.3. The van der Waals surface area contributed by atoms with Crippen LogP contribution in [0.5, 0.6) is 0 Å². The summed E-state index contributed by atoms with van der Waals surface area (Å²) in [6.07, 6.45) is 0. The molecule has 0 unspecified atom stereocenters. The molecule has 0 fully saturated rings. The van der Waals surface area contributed by atoms with Crippen molar-refractivity contribution < 1.29 is 13.2 Å². The Bertz CT molecular complexity index is 792. The molecule has 6 nitrogen and oxygen atoms in total. The second-order valence-corrected chi connectivity index (χ2v) is 6.68. The summed E-state index contributed by atoms with van der Waals surface area (Å²) in [7, 11) is -3.75. The number of carbonyl (C=O) groups excluding carboxylic acids is 1. The van der Waals surface area contributed by atoms with E-state index in [1.54, 1.807) is 31.2 Å². The lowest BCUT2D eigenvalue weighted by atomic mass is 10.3. The fourth-order valence-electron chi connectivity index (χ4n) is 1.80. The van der Waals surface area contributed by atoms with Gasteiger partial charge in [0.15, 0.2) is 0 Å². The standard InChI is InChI=1S/C15H16ClN3O3S/c1-2-17-15(20)18-11-7-9-12(10-8-11)23(21,22)19-14-6-4-3-5-13(14)16/h3-10,19H,2H2,1H3,(H2,17,18,20). The molecule has 0 bridgehead atoms. The van der Waals surface area contributed by atoms with E-state index in [2.05, 4.69) is 15.4 Å². The van der Waals surface area contributed by atoms with Crippen LogP contribution < -0.4 is 15.4 Å². The fraction of sp³-hybridized carbons (Fsp3) is 0.133. The lowest BCUT2D eigenvalue weighted by molar-refractivity contribution is 0.252. The average Bonchev–Trinajstić information content (AvgIpc) is 2.50. The van der Waals surface area contributed by atoms with Gasteiger partial charge in [0.1, 0.15) is 0 Å². The van der Waals surface area contributed by atoms with Crippen LogP contribution in [0, 0.1) is 0 Å². The second kappa shape index (κ2) is 7.34. The molecule has 0 radical (unpaired) electrons. The van der Waals surface area contributed by atoms with Gasteiger partial charge in [-0.15, -0.1) is 0 Å². The van der Waals surface area contributed by atoms with Crippen LogP contribution in [0.3, 0.4) is 0 Å². The average molecular weight is 354 g/mol. The minimum atomic E-state index is -3.75. The second-order valence-electron chi connectivity index (χ2n) is 4.59. The molecule has 122 valence electrons. The molecule has 0 saturated carbocycles. The van der Waals surface area contributed by atoms with Crippen LogP contribution >= 0.6 is 11.6 Å². The first-order chi connectivity index (χ1) is 10.9. The molecule has 0 aliphatic rings. The number of benzene rings is 2. The van der Waals surface area contributed by atoms with Crippen LogP contribution in [0.15, 0.2) is 53.4 Å². The Labute approximate surface area is 139 Å². The molecule has 0 aliphatic carbocycles. The maximum Gasteiger partial charge on any atom is 0.319 e. The molecular weight excluding hydrogens is 338 g/mol. The van der Waals surface area contributed by atoms with Crippen LogP contribution in [0.1, 0.15) is 6.92 Å². The first-order valence-corrected chi connectivity index (χ1v) is 8.71. The number of nitrogens with one attached hydrogen (secondary N) is 3. The van der Waals surface area contributed by atoms with Crippen molar-refractivity contribution in [2.24, 2.45) is 0 Å². The van der Waals surface area contributed by atoms with Crippen molar-refractivity contribution in [2.75, 3.05) is 16.6 Å². The molecule has 0 heterocycles. The van der Waals surface area contributed by atoms with Crippen molar-refractivity contribution in [1.29, 1.82) is 0 Å². The number of hydrogen-bond acceptors (Lipinski definition) is 3. The molecular formula is C15H16ClN3O3S. The van der Waals surface area contributed by atoms with Gasteiger partial charge in [0.25, 0.3) is 10.0 Å². The van der Waals surface area contributed by atoms with Crippen molar-refractivity contribution in [2.45, 2.75) is 11.8 Å². The van der Waals surface area contributed by atoms with Crippen molar-refractivity contribution in [3.05, 3.63) is 53.6 Å². The minimum absolute atomic E-state index is 0.0684. The number of halogens is 1. The zero-order valence-corrected chi connectivity index (χ0v) is 13.9. The van der Waals surface area contributed by atoms with Gasteiger partial charge in [0.2, 0.25) is 0 Å². The van der Waals surface area contributed by atoms with E-state index in [1.165, 1.54) is 24.3 Å². The topological polar surface area (TPSA) is 87.3 Å². The molecule has 2 aromatic carbocycles. The smallest absolute Gasteiger partial charge is 0.319 e. The van der Waals surface area contributed by atoms with Crippen LogP contribution in [-0.4, -0.2) is 21.0 Å². The van der Waals surface area contributed by atoms with E-state index in [4.69, 9.17) is 11.6 Å². The number of rotatable bonds is 5. The lowest BCUT2D eigenvalue weighted by Crippen LogP contribution is -2.28. The van der Waals surface area contributed by atoms with Gasteiger partial charge in [-0.1, -0.05) is 23.7 Å². The number of hydrogen-bond donors (Lipinski definition) is 3. The first-order valence-electron chi connectivity index (χ1n) is 6.84. The van der Waals surface area contributed by atoms with Crippen LogP contribution in [0.2, 0.25) is 5.02 Å². The third-order valence-corrected chi connectivity index (χ3v) is 4.59. The normalized spacial score (nSPS) is 10.9. The van der Waals surface area contributed by atoms with E-state index < -0.39 is 10.0 Å². The molecule has 3 N–H and O–H groups in total. The van der Waals surface area contributed by atoms with E-state index >= 15 is 0 Å². The van der Waals surface area contributed by atoms with Crippen molar-refractivity contribution in [3.8, 4) is 0 Å². The number of para-hydroxylation sites is 1. The van der Waals surface area contributed by atoms with Gasteiger partial charge in [-0.2, -0.15) is 0 Å². The quantitative estimate of drug-likeness (QED) is 0.770. The van der Waals surface area contributed by atoms with Gasteiger partial charge < -0.3 is 10.6 Å². The third kappa shape index (κ3) is 4.61. The molecule has 0 saturated heterocycles. The Morgan fingerprint density at radius 2 is 1.74 bits per heavy atom. The summed E-state index contributed by atoms with van der Waals surface area (Å²) in [5.74, 6) is 0. The molecule has 2 rings (SSSR count). The van der Waals surface area contributed by atoms with Crippen LogP contribution in [0.25, 0.3) is 0 Å². The van der Waals surface area contributed by atoms with Crippen molar-refractivity contribution in [1.82, 2.24) is 5.32 Å². The number of urea groups is 1. The SMILES string of the molecule is CCNC(=O)Nc1ccc(S(=O)(=O)Nc2ccccc2Cl)cc1. The highest BCUT2D eigenvalue weighted by Crippen LogP contribution is 2.24. The molecule has 2 aromatic rings. The molecule has 2 amide bonds. The Morgan fingerprint density at radius 1 is 1.09 bits per heavy atom. The number of sulfonamides is 1. The van der Waals surface area contributed by atoms with Gasteiger partial charge in [0.05, 0.1) is 15.6 Å². The zero-order chi connectivity index (χ0) is 16.9. The first kappa shape index (κ1) is 17.1. The molecule has 8 heteroatoms. The Balaban J connectivity index is 2.14. The number of amides is 2. The Morgan fingerprint density at radius 3 is 2.35 bits per heavy atom.